The van der Waals surface area contributed by atoms with Crippen LogP contribution in [0.3, 0.4) is 0 Å². The molecule has 1 heterocycles. The molecule has 1 aliphatic rings. The Balaban J connectivity index is 2.01. The summed E-state index contributed by atoms with van der Waals surface area (Å²) < 4.78 is 5.68. The average Bonchev–Trinajstić information content (AvgIpc) is 2.86. The van der Waals surface area contributed by atoms with Crippen LogP contribution in [0.15, 0.2) is 53.4 Å². The maximum Gasteiger partial charge on any atom is 0.263 e. The van der Waals surface area contributed by atoms with E-state index in [1.54, 1.807) is 7.11 Å². The van der Waals surface area contributed by atoms with Gasteiger partial charge in [0.15, 0.2) is 0 Å². The number of nitrogens with one attached hydrogen (secondary N) is 1. The molecule has 1 saturated heterocycles. The van der Waals surface area contributed by atoms with Crippen LogP contribution in [0.1, 0.15) is 5.56 Å². The molecule has 0 atom stereocenters. The number of thioether (sulfide) groups is 1. The molecule has 0 saturated carbocycles. The minimum atomic E-state index is -0.139. The average molecular weight is 327 g/mol. The number of thiocarbonyl (C=S) groups is 1. The van der Waals surface area contributed by atoms with Crippen molar-refractivity contribution in [2.45, 2.75) is 0 Å². The van der Waals surface area contributed by atoms with E-state index in [2.05, 4.69) is 5.32 Å². The molecule has 22 heavy (non-hydrogen) atoms. The summed E-state index contributed by atoms with van der Waals surface area (Å²) >= 11 is 6.31. The maximum absolute atomic E-state index is 11.8. The summed E-state index contributed by atoms with van der Waals surface area (Å²) in [5.41, 5.74) is 3.11. The largest absolute Gasteiger partial charge is 0.497 e. The van der Waals surface area contributed by atoms with Crippen molar-refractivity contribution in [2.75, 3.05) is 7.11 Å². The second-order valence-corrected chi connectivity index (χ2v) is 6.39. The Bertz CT molecular complexity index is 766. The van der Waals surface area contributed by atoms with E-state index in [9.17, 15) is 4.79 Å². The van der Waals surface area contributed by atoms with Gasteiger partial charge in [-0.25, -0.2) is 0 Å². The van der Waals surface area contributed by atoms with E-state index in [4.69, 9.17) is 17.0 Å². The molecule has 5 heteroatoms. The van der Waals surface area contributed by atoms with E-state index in [1.807, 2.05) is 54.6 Å². The molecule has 110 valence electrons. The predicted molar refractivity (Wildman–Crippen MR) is 94.7 cm³/mol. The number of carbonyl (C=O) groups is 1. The fourth-order valence-corrected chi connectivity index (χ4v) is 3.25. The maximum atomic E-state index is 11.8. The van der Waals surface area contributed by atoms with E-state index in [0.717, 1.165) is 22.4 Å². The molecule has 1 amide bonds. The minimum Gasteiger partial charge on any atom is -0.497 e. The van der Waals surface area contributed by atoms with Crippen LogP contribution in [0.5, 0.6) is 5.75 Å². The van der Waals surface area contributed by atoms with Gasteiger partial charge < -0.3 is 10.1 Å². The zero-order valence-corrected chi connectivity index (χ0v) is 13.5. The third-order valence-corrected chi connectivity index (χ3v) is 4.45. The first-order valence-electron chi connectivity index (χ1n) is 6.65. The highest BCUT2D eigenvalue weighted by Crippen LogP contribution is 2.31. The van der Waals surface area contributed by atoms with Crippen LogP contribution in [0.25, 0.3) is 17.2 Å². The molecule has 0 bridgehead atoms. The van der Waals surface area contributed by atoms with Crippen LogP contribution in [0, 0.1) is 0 Å². The molecular formula is C17H13NO2S2. The molecule has 0 radical (unpaired) electrons. The van der Waals surface area contributed by atoms with Crippen LogP contribution in [-0.4, -0.2) is 17.3 Å². The molecular weight excluding hydrogens is 314 g/mol. The number of hydrogen-bond acceptors (Lipinski definition) is 4. The van der Waals surface area contributed by atoms with E-state index < -0.39 is 0 Å². The van der Waals surface area contributed by atoms with Crippen LogP contribution in [-0.2, 0) is 4.79 Å². The van der Waals surface area contributed by atoms with Gasteiger partial charge in [-0.15, -0.1) is 0 Å². The molecule has 0 spiro atoms. The zero-order valence-electron chi connectivity index (χ0n) is 11.8. The van der Waals surface area contributed by atoms with Gasteiger partial charge in [-0.05, 0) is 34.9 Å². The Kier molecular flexibility index (Phi) is 4.27. The molecule has 0 aromatic heterocycles. The summed E-state index contributed by atoms with van der Waals surface area (Å²) in [6, 6.07) is 15.8. The van der Waals surface area contributed by atoms with Crippen molar-refractivity contribution in [2.24, 2.45) is 0 Å². The second kappa shape index (κ2) is 6.34. The number of rotatable bonds is 3. The van der Waals surface area contributed by atoms with Gasteiger partial charge in [0.05, 0.1) is 12.0 Å². The normalized spacial score (nSPS) is 16.0. The Morgan fingerprint density at radius 3 is 2.50 bits per heavy atom. The second-order valence-electron chi connectivity index (χ2n) is 4.67. The minimum absolute atomic E-state index is 0.139. The number of benzene rings is 2. The van der Waals surface area contributed by atoms with Crippen LogP contribution < -0.4 is 10.1 Å². The van der Waals surface area contributed by atoms with Gasteiger partial charge in [0.1, 0.15) is 10.1 Å². The van der Waals surface area contributed by atoms with Gasteiger partial charge in [-0.1, -0.05) is 60.4 Å². The molecule has 0 aliphatic carbocycles. The van der Waals surface area contributed by atoms with Gasteiger partial charge in [-0.3, -0.25) is 4.79 Å². The fraction of sp³-hybridized carbons (Fsp3) is 0.0588. The lowest BCUT2D eigenvalue weighted by molar-refractivity contribution is -0.115. The Morgan fingerprint density at radius 2 is 1.86 bits per heavy atom. The van der Waals surface area contributed by atoms with Crippen molar-refractivity contribution in [1.82, 2.24) is 5.32 Å². The molecule has 3 rings (SSSR count). The quantitative estimate of drug-likeness (QED) is 0.686. The fourth-order valence-electron chi connectivity index (χ4n) is 2.22. The SMILES string of the molecule is COc1ccc(-c2ccccc2C=C2SC(=S)NC2=O)cc1. The van der Waals surface area contributed by atoms with E-state index in [0.29, 0.717) is 9.23 Å². The number of carbonyl (C=O) groups excluding carboxylic acids is 1. The molecule has 0 unspecified atom stereocenters. The summed E-state index contributed by atoms with van der Waals surface area (Å²) in [5, 5.41) is 2.63. The third kappa shape index (κ3) is 3.05. The highest BCUT2D eigenvalue weighted by molar-refractivity contribution is 8.26. The van der Waals surface area contributed by atoms with Gasteiger partial charge in [0.2, 0.25) is 0 Å². The molecule has 2 aromatic carbocycles. The summed E-state index contributed by atoms with van der Waals surface area (Å²) in [5.74, 6) is 0.676. The van der Waals surface area contributed by atoms with E-state index in [-0.39, 0.29) is 5.91 Å². The number of methoxy groups -OCH3 is 1. The van der Waals surface area contributed by atoms with Crippen molar-refractivity contribution >= 4 is 40.3 Å². The monoisotopic (exact) mass is 327 g/mol. The first-order chi connectivity index (χ1) is 10.7. The molecule has 3 nitrogen and oxygen atoms in total. The predicted octanol–water partition coefficient (Wildman–Crippen LogP) is 3.85. The van der Waals surface area contributed by atoms with Crippen molar-refractivity contribution in [3.05, 3.63) is 59.0 Å². The highest BCUT2D eigenvalue weighted by atomic mass is 32.2. The molecule has 1 fully saturated rings. The van der Waals surface area contributed by atoms with Gasteiger partial charge in [0.25, 0.3) is 5.91 Å². The van der Waals surface area contributed by atoms with Gasteiger partial charge in [0, 0.05) is 0 Å². The molecule has 1 aliphatic heterocycles. The topological polar surface area (TPSA) is 38.3 Å². The number of hydrogen-bond donors (Lipinski definition) is 1. The highest BCUT2D eigenvalue weighted by Gasteiger charge is 2.22. The summed E-state index contributed by atoms with van der Waals surface area (Å²) in [4.78, 5) is 12.4. The first kappa shape index (κ1) is 14.8. The standard InChI is InChI=1S/C17H13NO2S2/c1-20-13-8-6-11(7-9-13)14-5-3-2-4-12(14)10-15-16(19)18-17(21)22-15/h2-10H,1H3,(H,18,19,21). The Morgan fingerprint density at radius 1 is 1.14 bits per heavy atom. The van der Waals surface area contributed by atoms with Gasteiger partial charge in [-0.2, -0.15) is 0 Å². The Hall–Kier alpha value is -2.11. The Labute approximate surface area is 138 Å². The smallest absolute Gasteiger partial charge is 0.263 e. The number of amides is 1. The third-order valence-electron chi connectivity index (χ3n) is 3.29. The zero-order chi connectivity index (χ0) is 15.5. The lowest BCUT2D eigenvalue weighted by Gasteiger charge is -2.08. The summed E-state index contributed by atoms with van der Waals surface area (Å²) in [6.45, 7) is 0. The lowest BCUT2D eigenvalue weighted by atomic mass is 9.99. The van der Waals surface area contributed by atoms with E-state index in [1.165, 1.54) is 11.8 Å². The van der Waals surface area contributed by atoms with Crippen LogP contribution in [0.2, 0.25) is 0 Å². The summed E-state index contributed by atoms with van der Waals surface area (Å²) in [6.07, 6.45) is 1.87. The van der Waals surface area contributed by atoms with E-state index >= 15 is 0 Å². The first-order valence-corrected chi connectivity index (χ1v) is 7.88. The van der Waals surface area contributed by atoms with Crippen LogP contribution >= 0.6 is 24.0 Å². The van der Waals surface area contributed by atoms with Crippen molar-refractivity contribution in [3.8, 4) is 16.9 Å². The van der Waals surface area contributed by atoms with Crippen LogP contribution in [0.4, 0.5) is 0 Å². The van der Waals surface area contributed by atoms with Crippen molar-refractivity contribution < 1.29 is 9.53 Å². The van der Waals surface area contributed by atoms with Crippen molar-refractivity contribution in [1.29, 1.82) is 0 Å². The number of ether oxygens (including phenoxy) is 1. The summed E-state index contributed by atoms with van der Waals surface area (Å²) in [7, 11) is 1.65. The van der Waals surface area contributed by atoms with Gasteiger partial charge >= 0.3 is 0 Å². The molecule has 2 aromatic rings. The van der Waals surface area contributed by atoms with Crippen molar-refractivity contribution in [3.63, 3.8) is 0 Å². The molecule has 1 N–H and O–H groups in total. The lowest BCUT2D eigenvalue weighted by Crippen LogP contribution is -2.17.